The number of aryl methyl sites for hydroxylation is 1. The van der Waals surface area contributed by atoms with E-state index in [0.29, 0.717) is 38.5 Å². The molecule has 0 aliphatic carbocycles. The number of esters is 1. The SMILES string of the molecule is O=C(OCC(=O)N1CCOCC1)c1ccc(S(=O)(=O)N2CCCc3ccccc32)cc1. The molecule has 0 unspecified atom stereocenters. The summed E-state index contributed by atoms with van der Waals surface area (Å²) in [5, 5.41) is 0. The predicted molar refractivity (Wildman–Crippen MR) is 113 cm³/mol. The normalized spacial score (nSPS) is 16.5. The van der Waals surface area contributed by atoms with Gasteiger partial charge in [-0.25, -0.2) is 13.2 Å². The van der Waals surface area contributed by atoms with Crippen LogP contribution in [0, 0.1) is 0 Å². The summed E-state index contributed by atoms with van der Waals surface area (Å²) in [5.74, 6) is -0.950. The van der Waals surface area contributed by atoms with Crippen LogP contribution >= 0.6 is 0 Å². The zero-order chi connectivity index (χ0) is 21.8. The van der Waals surface area contributed by atoms with Gasteiger partial charge in [0, 0.05) is 19.6 Å². The largest absolute Gasteiger partial charge is 0.452 e. The molecule has 8 nitrogen and oxygen atoms in total. The van der Waals surface area contributed by atoms with Gasteiger partial charge in [-0.05, 0) is 48.7 Å². The lowest BCUT2D eigenvalue weighted by molar-refractivity contribution is -0.138. The molecule has 31 heavy (non-hydrogen) atoms. The Morgan fingerprint density at radius 2 is 1.68 bits per heavy atom. The average molecular weight is 445 g/mol. The molecule has 1 saturated heterocycles. The van der Waals surface area contributed by atoms with Crippen molar-refractivity contribution in [3.63, 3.8) is 0 Å². The van der Waals surface area contributed by atoms with Crippen LogP contribution in [-0.2, 0) is 30.7 Å². The van der Waals surface area contributed by atoms with Gasteiger partial charge in [-0.15, -0.1) is 0 Å². The molecule has 0 N–H and O–H groups in total. The van der Waals surface area contributed by atoms with E-state index in [1.165, 1.54) is 28.6 Å². The summed E-state index contributed by atoms with van der Waals surface area (Å²) in [6, 6.07) is 13.1. The van der Waals surface area contributed by atoms with Crippen LogP contribution in [0.3, 0.4) is 0 Å². The predicted octanol–water partition coefficient (Wildman–Crippen LogP) is 1.84. The second-order valence-electron chi connectivity index (χ2n) is 7.40. The van der Waals surface area contributed by atoms with Crippen molar-refractivity contribution >= 4 is 27.6 Å². The van der Waals surface area contributed by atoms with Gasteiger partial charge < -0.3 is 14.4 Å². The third-order valence-corrected chi connectivity index (χ3v) is 7.26. The molecule has 2 aliphatic heterocycles. The Kier molecular flexibility index (Phi) is 6.24. The fraction of sp³-hybridized carbons (Fsp3) is 0.364. The number of morpholine rings is 1. The maximum Gasteiger partial charge on any atom is 0.338 e. The molecule has 9 heteroatoms. The van der Waals surface area contributed by atoms with Gasteiger partial charge in [-0.1, -0.05) is 18.2 Å². The molecule has 0 spiro atoms. The molecule has 4 rings (SSSR count). The fourth-order valence-electron chi connectivity index (χ4n) is 3.75. The number of rotatable bonds is 5. The lowest BCUT2D eigenvalue weighted by Gasteiger charge is -2.30. The quantitative estimate of drug-likeness (QED) is 0.654. The van der Waals surface area contributed by atoms with Gasteiger partial charge in [-0.3, -0.25) is 9.10 Å². The van der Waals surface area contributed by atoms with E-state index in [1.807, 2.05) is 24.3 Å². The van der Waals surface area contributed by atoms with Crippen molar-refractivity contribution in [2.75, 3.05) is 43.8 Å². The summed E-state index contributed by atoms with van der Waals surface area (Å²) in [7, 11) is -3.75. The van der Waals surface area contributed by atoms with Crippen molar-refractivity contribution in [3.05, 3.63) is 59.7 Å². The lowest BCUT2D eigenvalue weighted by atomic mass is 10.0. The Morgan fingerprint density at radius 3 is 2.42 bits per heavy atom. The van der Waals surface area contributed by atoms with Crippen molar-refractivity contribution in [1.82, 2.24) is 4.90 Å². The van der Waals surface area contributed by atoms with Gasteiger partial charge in [0.1, 0.15) is 0 Å². The van der Waals surface area contributed by atoms with Crippen LogP contribution in [0.25, 0.3) is 0 Å². The van der Waals surface area contributed by atoms with Crippen LogP contribution in [0.2, 0.25) is 0 Å². The molecular formula is C22H24N2O6S. The Bertz CT molecular complexity index is 1060. The number of ether oxygens (including phenoxy) is 2. The summed E-state index contributed by atoms with van der Waals surface area (Å²) in [6.07, 6.45) is 1.59. The number of sulfonamides is 1. The molecule has 2 aromatic rings. The second kappa shape index (κ2) is 9.07. The molecule has 0 atom stereocenters. The standard InChI is InChI=1S/C22H24N2O6S/c25-21(23-12-14-29-15-13-23)16-30-22(26)18-7-9-19(10-8-18)31(27,28)24-11-3-5-17-4-1-2-6-20(17)24/h1-2,4,6-10H,3,5,11-16H2. The molecule has 1 amide bonds. The van der Waals surface area contributed by atoms with E-state index in [0.717, 1.165) is 18.4 Å². The zero-order valence-electron chi connectivity index (χ0n) is 17.0. The van der Waals surface area contributed by atoms with E-state index >= 15 is 0 Å². The van der Waals surface area contributed by atoms with Crippen LogP contribution in [0.4, 0.5) is 5.69 Å². The summed E-state index contributed by atoms with van der Waals surface area (Å²) < 4.78 is 38.1. The van der Waals surface area contributed by atoms with E-state index in [1.54, 1.807) is 4.90 Å². The molecular weight excluding hydrogens is 420 g/mol. The number of hydrogen-bond acceptors (Lipinski definition) is 6. The monoisotopic (exact) mass is 444 g/mol. The number of amides is 1. The van der Waals surface area contributed by atoms with Crippen molar-refractivity contribution < 1.29 is 27.5 Å². The van der Waals surface area contributed by atoms with Crippen LogP contribution < -0.4 is 4.31 Å². The highest BCUT2D eigenvalue weighted by Gasteiger charge is 2.29. The third kappa shape index (κ3) is 4.57. The lowest BCUT2D eigenvalue weighted by Crippen LogP contribution is -2.42. The summed E-state index contributed by atoms with van der Waals surface area (Å²) in [4.78, 5) is 26.1. The number of benzene rings is 2. The van der Waals surface area contributed by atoms with Gasteiger partial charge in [0.2, 0.25) is 0 Å². The molecule has 0 saturated carbocycles. The number of carbonyl (C=O) groups is 2. The fourth-order valence-corrected chi connectivity index (χ4v) is 5.29. The Hall–Kier alpha value is -2.91. The minimum atomic E-state index is -3.75. The topological polar surface area (TPSA) is 93.2 Å². The molecule has 2 aliphatic rings. The van der Waals surface area contributed by atoms with Crippen LogP contribution in [-0.4, -0.2) is 64.6 Å². The Balaban J connectivity index is 1.43. The highest BCUT2D eigenvalue weighted by molar-refractivity contribution is 7.92. The summed E-state index contributed by atoms with van der Waals surface area (Å²) in [6.45, 7) is 1.94. The number of carbonyl (C=O) groups excluding carboxylic acids is 2. The summed E-state index contributed by atoms with van der Waals surface area (Å²) in [5.41, 5.74) is 1.88. The van der Waals surface area contributed by atoms with Gasteiger partial charge in [-0.2, -0.15) is 0 Å². The molecule has 2 aromatic carbocycles. The van der Waals surface area contributed by atoms with Gasteiger partial charge in [0.05, 0.1) is 29.4 Å². The number of para-hydroxylation sites is 1. The Labute approximate surface area is 181 Å². The smallest absolute Gasteiger partial charge is 0.338 e. The van der Waals surface area contributed by atoms with Crippen LogP contribution in [0.15, 0.2) is 53.4 Å². The van der Waals surface area contributed by atoms with E-state index in [4.69, 9.17) is 9.47 Å². The van der Waals surface area contributed by atoms with E-state index < -0.39 is 16.0 Å². The third-order valence-electron chi connectivity index (χ3n) is 5.44. The van der Waals surface area contributed by atoms with Crippen molar-refractivity contribution in [3.8, 4) is 0 Å². The van der Waals surface area contributed by atoms with E-state index in [-0.39, 0.29) is 23.0 Å². The van der Waals surface area contributed by atoms with Gasteiger partial charge in [0.15, 0.2) is 6.61 Å². The summed E-state index contributed by atoms with van der Waals surface area (Å²) >= 11 is 0. The van der Waals surface area contributed by atoms with Crippen LogP contribution in [0.5, 0.6) is 0 Å². The van der Waals surface area contributed by atoms with Crippen molar-refractivity contribution in [1.29, 1.82) is 0 Å². The molecule has 1 fully saturated rings. The molecule has 0 bridgehead atoms. The average Bonchev–Trinajstić information content (AvgIpc) is 2.82. The first-order chi connectivity index (χ1) is 15.0. The first-order valence-electron chi connectivity index (χ1n) is 10.2. The van der Waals surface area contributed by atoms with E-state index in [2.05, 4.69) is 0 Å². The van der Waals surface area contributed by atoms with Crippen LogP contribution in [0.1, 0.15) is 22.3 Å². The van der Waals surface area contributed by atoms with Crippen molar-refractivity contribution in [2.45, 2.75) is 17.7 Å². The van der Waals surface area contributed by atoms with Gasteiger partial charge in [0.25, 0.3) is 15.9 Å². The number of anilines is 1. The molecule has 0 aromatic heterocycles. The zero-order valence-corrected chi connectivity index (χ0v) is 17.8. The highest BCUT2D eigenvalue weighted by atomic mass is 32.2. The molecule has 164 valence electrons. The van der Waals surface area contributed by atoms with Gasteiger partial charge >= 0.3 is 5.97 Å². The van der Waals surface area contributed by atoms with Crippen molar-refractivity contribution in [2.24, 2.45) is 0 Å². The number of nitrogens with zero attached hydrogens (tertiary/aromatic N) is 2. The first-order valence-corrected chi connectivity index (χ1v) is 11.6. The number of hydrogen-bond donors (Lipinski definition) is 0. The maximum absolute atomic E-state index is 13.2. The minimum absolute atomic E-state index is 0.102. The minimum Gasteiger partial charge on any atom is -0.452 e. The second-order valence-corrected chi connectivity index (χ2v) is 9.27. The molecule has 0 radical (unpaired) electrons. The maximum atomic E-state index is 13.2. The Morgan fingerprint density at radius 1 is 0.968 bits per heavy atom. The molecule has 2 heterocycles. The first kappa shape index (κ1) is 21.3. The number of fused-ring (bicyclic) bond motifs is 1. The highest BCUT2D eigenvalue weighted by Crippen LogP contribution is 2.31. The van der Waals surface area contributed by atoms with E-state index in [9.17, 15) is 18.0 Å².